The van der Waals surface area contributed by atoms with Crippen molar-refractivity contribution in [3.05, 3.63) is 54.1 Å². The summed E-state index contributed by atoms with van der Waals surface area (Å²) in [4.78, 5) is 0. The van der Waals surface area contributed by atoms with Crippen LogP contribution in [-0.4, -0.2) is 6.21 Å². The van der Waals surface area contributed by atoms with Crippen molar-refractivity contribution in [3.63, 3.8) is 0 Å². The molecule has 0 atom stereocenters. The zero-order valence-corrected chi connectivity index (χ0v) is 8.27. The number of anilines is 1. The van der Waals surface area contributed by atoms with Crippen molar-refractivity contribution in [1.29, 1.82) is 5.41 Å². The first-order valence-electron chi connectivity index (χ1n) is 4.76. The number of benzene rings is 2. The van der Waals surface area contributed by atoms with Crippen molar-refractivity contribution in [1.82, 2.24) is 0 Å². The van der Waals surface area contributed by atoms with Crippen LogP contribution >= 0.6 is 0 Å². The summed E-state index contributed by atoms with van der Waals surface area (Å²) in [6, 6.07) is 15.6. The van der Waals surface area contributed by atoms with Gasteiger partial charge in [-0.2, -0.15) is 0 Å². The van der Waals surface area contributed by atoms with Gasteiger partial charge in [-0.15, -0.1) is 0 Å². The third-order valence-electron chi connectivity index (χ3n) is 2.30. The Bertz CT molecular complexity index is 472. The van der Waals surface area contributed by atoms with Gasteiger partial charge in [0.15, 0.2) is 0 Å². The number of nitrogen functional groups attached to an aromatic ring is 1. The van der Waals surface area contributed by atoms with E-state index in [0.29, 0.717) is 0 Å². The molecule has 0 radical (unpaired) electrons. The lowest BCUT2D eigenvalue weighted by atomic mass is 10.0. The van der Waals surface area contributed by atoms with Crippen LogP contribution in [0.2, 0.25) is 0 Å². The van der Waals surface area contributed by atoms with E-state index in [1.165, 1.54) is 6.21 Å². The van der Waals surface area contributed by atoms with Gasteiger partial charge in [0, 0.05) is 11.9 Å². The zero-order chi connectivity index (χ0) is 10.7. The molecule has 0 unspecified atom stereocenters. The molecule has 0 spiro atoms. The summed E-state index contributed by atoms with van der Waals surface area (Å²) in [6.45, 7) is 0. The Hall–Kier alpha value is -2.09. The minimum Gasteiger partial charge on any atom is -0.399 e. The Morgan fingerprint density at radius 1 is 0.933 bits per heavy atom. The molecule has 0 fully saturated rings. The van der Waals surface area contributed by atoms with Crippen LogP contribution in [0.5, 0.6) is 0 Å². The lowest BCUT2D eigenvalue weighted by molar-refractivity contribution is 1.53. The molecule has 15 heavy (non-hydrogen) atoms. The third-order valence-corrected chi connectivity index (χ3v) is 2.30. The molecule has 0 bridgehead atoms. The van der Waals surface area contributed by atoms with Gasteiger partial charge < -0.3 is 11.1 Å². The second-order valence-corrected chi connectivity index (χ2v) is 3.39. The molecule has 2 heteroatoms. The van der Waals surface area contributed by atoms with Crippen molar-refractivity contribution < 1.29 is 0 Å². The van der Waals surface area contributed by atoms with Gasteiger partial charge in [0.05, 0.1) is 0 Å². The molecule has 0 aliphatic heterocycles. The van der Waals surface area contributed by atoms with Crippen LogP contribution < -0.4 is 5.73 Å². The highest BCUT2D eigenvalue weighted by molar-refractivity contribution is 5.79. The Balaban J connectivity index is 2.41. The summed E-state index contributed by atoms with van der Waals surface area (Å²) in [5.41, 5.74) is 9.61. The van der Waals surface area contributed by atoms with Crippen LogP contribution in [0.1, 0.15) is 5.56 Å². The summed E-state index contributed by atoms with van der Waals surface area (Å²) >= 11 is 0. The molecule has 0 aromatic heterocycles. The van der Waals surface area contributed by atoms with Crippen molar-refractivity contribution in [2.75, 3.05) is 5.73 Å². The van der Waals surface area contributed by atoms with Crippen LogP contribution in [0.25, 0.3) is 11.1 Å². The Morgan fingerprint density at radius 3 is 2.27 bits per heavy atom. The Morgan fingerprint density at radius 2 is 1.67 bits per heavy atom. The van der Waals surface area contributed by atoms with Crippen LogP contribution in [0.15, 0.2) is 48.5 Å². The molecule has 0 amide bonds. The average Bonchev–Trinajstić information content (AvgIpc) is 2.29. The van der Waals surface area contributed by atoms with Crippen molar-refractivity contribution in [2.24, 2.45) is 0 Å². The maximum Gasteiger partial charge on any atom is 0.0320 e. The van der Waals surface area contributed by atoms with Crippen LogP contribution in [0.3, 0.4) is 0 Å². The van der Waals surface area contributed by atoms with Gasteiger partial charge in [0.1, 0.15) is 0 Å². The van der Waals surface area contributed by atoms with Gasteiger partial charge in [0.2, 0.25) is 0 Å². The Kier molecular flexibility index (Phi) is 2.50. The zero-order valence-electron chi connectivity index (χ0n) is 8.27. The fourth-order valence-corrected chi connectivity index (χ4v) is 1.49. The second-order valence-electron chi connectivity index (χ2n) is 3.39. The van der Waals surface area contributed by atoms with E-state index in [4.69, 9.17) is 11.1 Å². The van der Waals surface area contributed by atoms with Gasteiger partial charge in [-0.05, 0) is 28.8 Å². The van der Waals surface area contributed by atoms with E-state index < -0.39 is 0 Å². The number of hydrogen-bond acceptors (Lipinski definition) is 2. The SMILES string of the molecule is N=Cc1ccc(-c2cccc(N)c2)cc1. The predicted molar refractivity (Wildman–Crippen MR) is 64.2 cm³/mol. The maximum atomic E-state index is 7.11. The molecule has 2 nitrogen and oxygen atoms in total. The monoisotopic (exact) mass is 196 g/mol. The van der Waals surface area contributed by atoms with Gasteiger partial charge in [0.25, 0.3) is 0 Å². The van der Waals surface area contributed by atoms with Crippen molar-refractivity contribution in [3.8, 4) is 11.1 Å². The van der Waals surface area contributed by atoms with Crippen LogP contribution in [-0.2, 0) is 0 Å². The predicted octanol–water partition coefficient (Wildman–Crippen LogP) is 2.93. The first-order chi connectivity index (χ1) is 7.29. The molecule has 3 N–H and O–H groups in total. The first-order valence-corrected chi connectivity index (χ1v) is 4.76. The minimum absolute atomic E-state index is 0.767. The quantitative estimate of drug-likeness (QED) is 0.563. The summed E-state index contributed by atoms with van der Waals surface area (Å²) in [5, 5.41) is 7.11. The number of nitrogens with one attached hydrogen (secondary N) is 1. The normalized spacial score (nSPS) is 9.87. The van der Waals surface area contributed by atoms with E-state index in [9.17, 15) is 0 Å². The minimum atomic E-state index is 0.767. The number of nitrogens with two attached hydrogens (primary N) is 1. The van der Waals surface area contributed by atoms with Crippen molar-refractivity contribution >= 4 is 11.9 Å². The van der Waals surface area contributed by atoms with Gasteiger partial charge in [-0.3, -0.25) is 0 Å². The fraction of sp³-hybridized carbons (Fsp3) is 0. The molecule has 74 valence electrons. The molecule has 0 saturated carbocycles. The lowest BCUT2D eigenvalue weighted by Crippen LogP contribution is -1.85. The highest BCUT2D eigenvalue weighted by Gasteiger charge is 1.97. The average molecular weight is 196 g/mol. The molecule has 0 aliphatic rings. The van der Waals surface area contributed by atoms with E-state index in [1.807, 2.05) is 48.5 Å². The molecule has 2 aromatic carbocycles. The third kappa shape index (κ3) is 2.05. The molecule has 0 heterocycles. The summed E-state index contributed by atoms with van der Waals surface area (Å²) in [6.07, 6.45) is 1.34. The second kappa shape index (κ2) is 3.96. The standard InChI is InChI=1S/C13H12N2/c14-9-10-4-6-11(7-5-10)12-2-1-3-13(15)8-12/h1-9,14H,15H2. The molecular formula is C13H12N2. The number of rotatable bonds is 2. The number of hydrogen-bond donors (Lipinski definition) is 2. The summed E-state index contributed by atoms with van der Waals surface area (Å²) in [7, 11) is 0. The largest absolute Gasteiger partial charge is 0.399 e. The topological polar surface area (TPSA) is 49.9 Å². The summed E-state index contributed by atoms with van der Waals surface area (Å²) < 4.78 is 0. The maximum absolute atomic E-state index is 7.11. The molecule has 0 aliphatic carbocycles. The fourth-order valence-electron chi connectivity index (χ4n) is 1.49. The molecule has 0 saturated heterocycles. The molecule has 2 aromatic rings. The first kappa shape index (κ1) is 9.46. The van der Waals surface area contributed by atoms with E-state index in [0.717, 1.165) is 22.4 Å². The van der Waals surface area contributed by atoms with Gasteiger partial charge in [-0.25, -0.2) is 0 Å². The highest BCUT2D eigenvalue weighted by atomic mass is 14.5. The smallest absolute Gasteiger partial charge is 0.0320 e. The van der Waals surface area contributed by atoms with E-state index in [2.05, 4.69) is 0 Å². The lowest BCUT2D eigenvalue weighted by Gasteiger charge is -2.02. The van der Waals surface area contributed by atoms with Crippen LogP contribution in [0, 0.1) is 5.41 Å². The van der Waals surface area contributed by atoms with Crippen LogP contribution in [0.4, 0.5) is 5.69 Å². The van der Waals surface area contributed by atoms with E-state index in [1.54, 1.807) is 0 Å². The van der Waals surface area contributed by atoms with Gasteiger partial charge >= 0.3 is 0 Å². The molecular weight excluding hydrogens is 184 g/mol. The van der Waals surface area contributed by atoms with Crippen molar-refractivity contribution in [2.45, 2.75) is 0 Å². The highest BCUT2D eigenvalue weighted by Crippen LogP contribution is 2.21. The Labute approximate surface area is 88.9 Å². The molecule has 2 rings (SSSR count). The summed E-state index contributed by atoms with van der Waals surface area (Å²) in [5.74, 6) is 0. The van der Waals surface area contributed by atoms with E-state index >= 15 is 0 Å². The van der Waals surface area contributed by atoms with E-state index in [-0.39, 0.29) is 0 Å². The van der Waals surface area contributed by atoms with Gasteiger partial charge in [-0.1, -0.05) is 36.4 Å².